The number of halogens is 1. The molecular weight excluding hydrogens is 248 g/mol. The van der Waals surface area contributed by atoms with Crippen LogP contribution >= 0.6 is 10.7 Å². The molecule has 0 atom stereocenters. The minimum Gasteiger partial charge on any atom is -0.295 e. The van der Waals surface area contributed by atoms with Crippen molar-refractivity contribution in [3.05, 3.63) is 42.0 Å². The summed E-state index contributed by atoms with van der Waals surface area (Å²) in [6.07, 6.45) is 1.97. The van der Waals surface area contributed by atoms with Crippen molar-refractivity contribution in [2.24, 2.45) is 0 Å². The van der Waals surface area contributed by atoms with Crippen LogP contribution in [0.4, 0.5) is 0 Å². The zero-order valence-electron chi connectivity index (χ0n) is 8.73. The van der Waals surface area contributed by atoms with Crippen LogP contribution in [-0.4, -0.2) is 14.2 Å². The maximum absolute atomic E-state index is 11.3. The molecule has 16 heavy (non-hydrogen) atoms. The third-order valence-electron chi connectivity index (χ3n) is 2.10. The number of Topliss-reactive ketones (excluding diaryl/α,β-unsaturated/α-hetero) is 1. The van der Waals surface area contributed by atoms with Crippen molar-refractivity contribution in [3.63, 3.8) is 0 Å². The standard InChI is InChI=1S/C11H11ClO3S/c1-3-4-9-5-6-10(8(2)13)7-11(9)16(12,14)15/h3,5-7H,1,4H2,2H3. The van der Waals surface area contributed by atoms with Crippen LogP contribution in [0.1, 0.15) is 22.8 Å². The predicted molar refractivity (Wildman–Crippen MR) is 63.4 cm³/mol. The largest absolute Gasteiger partial charge is 0.295 e. The Balaban J connectivity index is 3.44. The van der Waals surface area contributed by atoms with Crippen molar-refractivity contribution in [2.45, 2.75) is 18.2 Å². The summed E-state index contributed by atoms with van der Waals surface area (Å²) in [6.45, 7) is 4.90. The van der Waals surface area contributed by atoms with Gasteiger partial charge in [-0.05, 0) is 25.0 Å². The van der Waals surface area contributed by atoms with Gasteiger partial charge < -0.3 is 0 Å². The number of ketones is 1. The molecule has 0 aliphatic rings. The molecule has 0 N–H and O–H groups in total. The lowest BCUT2D eigenvalue weighted by molar-refractivity contribution is 0.101. The Kier molecular flexibility index (Phi) is 3.88. The normalized spacial score (nSPS) is 11.1. The first-order valence-electron chi connectivity index (χ1n) is 4.55. The molecular formula is C11H11ClO3S. The van der Waals surface area contributed by atoms with Gasteiger partial charge in [0.1, 0.15) is 0 Å². The number of rotatable bonds is 4. The number of allylic oxidation sites excluding steroid dienone is 1. The fraction of sp³-hybridized carbons (Fsp3) is 0.182. The lowest BCUT2D eigenvalue weighted by Crippen LogP contribution is -2.01. The molecule has 0 saturated carbocycles. The number of benzene rings is 1. The van der Waals surface area contributed by atoms with Crippen molar-refractivity contribution < 1.29 is 13.2 Å². The van der Waals surface area contributed by atoms with Gasteiger partial charge in [0.2, 0.25) is 0 Å². The van der Waals surface area contributed by atoms with Crippen LogP contribution in [0, 0.1) is 0 Å². The van der Waals surface area contributed by atoms with E-state index < -0.39 is 9.05 Å². The molecule has 1 aromatic rings. The van der Waals surface area contributed by atoms with Crippen LogP contribution in [0.15, 0.2) is 35.7 Å². The third kappa shape index (κ3) is 2.93. The monoisotopic (exact) mass is 258 g/mol. The highest BCUT2D eigenvalue weighted by Crippen LogP contribution is 2.22. The Morgan fingerprint density at radius 2 is 2.12 bits per heavy atom. The molecule has 0 aliphatic carbocycles. The smallest absolute Gasteiger partial charge is 0.261 e. The Labute approximate surface area is 99.2 Å². The number of carbonyl (C=O) groups is 1. The van der Waals surface area contributed by atoms with E-state index in [4.69, 9.17) is 10.7 Å². The van der Waals surface area contributed by atoms with Crippen LogP contribution in [0.5, 0.6) is 0 Å². The highest BCUT2D eigenvalue weighted by molar-refractivity contribution is 8.13. The van der Waals surface area contributed by atoms with Crippen LogP contribution < -0.4 is 0 Å². The first-order chi connectivity index (χ1) is 7.36. The molecule has 1 rings (SSSR count). The first-order valence-corrected chi connectivity index (χ1v) is 6.86. The van der Waals surface area contributed by atoms with Crippen molar-refractivity contribution in [1.29, 1.82) is 0 Å². The summed E-state index contributed by atoms with van der Waals surface area (Å²) in [5, 5.41) is 0. The van der Waals surface area contributed by atoms with Gasteiger partial charge in [0.05, 0.1) is 4.90 Å². The number of carbonyl (C=O) groups excluding carboxylic acids is 1. The van der Waals surface area contributed by atoms with Gasteiger partial charge in [0.15, 0.2) is 5.78 Å². The summed E-state index contributed by atoms with van der Waals surface area (Å²) in [5.74, 6) is -0.202. The summed E-state index contributed by atoms with van der Waals surface area (Å²) in [5.41, 5.74) is 0.863. The van der Waals surface area contributed by atoms with Crippen molar-refractivity contribution in [1.82, 2.24) is 0 Å². The fourth-order valence-corrected chi connectivity index (χ4v) is 2.49. The van der Waals surface area contributed by atoms with E-state index in [9.17, 15) is 13.2 Å². The van der Waals surface area contributed by atoms with E-state index in [0.29, 0.717) is 17.5 Å². The predicted octanol–water partition coefficient (Wildman–Crippen LogP) is 2.55. The quantitative estimate of drug-likeness (QED) is 0.474. The van der Waals surface area contributed by atoms with Gasteiger partial charge in [-0.2, -0.15) is 0 Å². The highest BCUT2D eigenvalue weighted by atomic mass is 35.7. The molecule has 0 saturated heterocycles. The molecule has 0 radical (unpaired) electrons. The summed E-state index contributed by atoms with van der Waals surface area (Å²) >= 11 is 0. The molecule has 3 nitrogen and oxygen atoms in total. The molecule has 0 spiro atoms. The maximum atomic E-state index is 11.3. The van der Waals surface area contributed by atoms with Gasteiger partial charge in [0.25, 0.3) is 9.05 Å². The fourth-order valence-electron chi connectivity index (χ4n) is 1.32. The Morgan fingerprint density at radius 1 is 1.50 bits per heavy atom. The molecule has 1 aromatic carbocycles. The summed E-state index contributed by atoms with van der Waals surface area (Å²) in [4.78, 5) is 11.1. The molecule has 0 amide bonds. The number of hydrogen-bond acceptors (Lipinski definition) is 3. The summed E-state index contributed by atoms with van der Waals surface area (Å²) < 4.78 is 22.6. The summed E-state index contributed by atoms with van der Waals surface area (Å²) in [6, 6.07) is 4.45. The van der Waals surface area contributed by atoms with Crippen LogP contribution in [-0.2, 0) is 15.5 Å². The van der Waals surface area contributed by atoms with E-state index in [1.54, 1.807) is 18.2 Å². The first kappa shape index (κ1) is 12.9. The Bertz CT molecular complexity index is 532. The van der Waals surface area contributed by atoms with Crippen molar-refractivity contribution in [3.8, 4) is 0 Å². The summed E-state index contributed by atoms with van der Waals surface area (Å²) in [7, 11) is 1.46. The van der Waals surface area contributed by atoms with Crippen LogP contribution in [0.3, 0.4) is 0 Å². The van der Waals surface area contributed by atoms with Gasteiger partial charge in [-0.1, -0.05) is 18.2 Å². The van der Waals surface area contributed by atoms with E-state index in [1.165, 1.54) is 13.0 Å². The second-order valence-electron chi connectivity index (χ2n) is 3.31. The molecule has 0 aromatic heterocycles. The third-order valence-corrected chi connectivity index (χ3v) is 3.50. The molecule has 0 heterocycles. The van der Waals surface area contributed by atoms with Crippen LogP contribution in [0.25, 0.3) is 0 Å². The van der Waals surface area contributed by atoms with Gasteiger partial charge in [-0.15, -0.1) is 6.58 Å². The zero-order chi connectivity index (χ0) is 12.3. The topological polar surface area (TPSA) is 51.2 Å². The minimum atomic E-state index is -3.84. The second kappa shape index (κ2) is 4.80. The number of hydrogen-bond donors (Lipinski definition) is 0. The van der Waals surface area contributed by atoms with E-state index in [-0.39, 0.29) is 10.7 Å². The Hall–Kier alpha value is -1.13. The molecule has 0 unspecified atom stereocenters. The van der Waals surface area contributed by atoms with Crippen LogP contribution in [0.2, 0.25) is 0 Å². The molecule has 0 bridgehead atoms. The second-order valence-corrected chi connectivity index (χ2v) is 5.84. The van der Waals surface area contributed by atoms with E-state index in [0.717, 1.165) is 0 Å². The van der Waals surface area contributed by atoms with Crippen molar-refractivity contribution >= 4 is 25.5 Å². The molecule has 0 fully saturated rings. The lowest BCUT2D eigenvalue weighted by Gasteiger charge is -2.06. The molecule has 86 valence electrons. The van der Waals surface area contributed by atoms with Gasteiger partial charge in [0, 0.05) is 16.2 Å². The molecule has 5 heteroatoms. The average molecular weight is 259 g/mol. The van der Waals surface area contributed by atoms with E-state index >= 15 is 0 Å². The maximum Gasteiger partial charge on any atom is 0.261 e. The average Bonchev–Trinajstić information content (AvgIpc) is 2.16. The minimum absolute atomic E-state index is 0.0261. The lowest BCUT2D eigenvalue weighted by atomic mass is 10.1. The van der Waals surface area contributed by atoms with Gasteiger partial charge in [-0.3, -0.25) is 4.79 Å². The Morgan fingerprint density at radius 3 is 2.56 bits per heavy atom. The van der Waals surface area contributed by atoms with Gasteiger partial charge in [-0.25, -0.2) is 8.42 Å². The highest BCUT2D eigenvalue weighted by Gasteiger charge is 2.16. The van der Waals surface area contributed by atoms with E-state index in [2.05, 4.69) is 6.58 Å². The van der Waals surface area contributed by atoms with E-state index in [1.807, 2.05) is 0 Å². The zero-order valence-corrected chi connectivity index (χ0v) is 10.3. The van der Waals surface area contributed by atoms with Gasteiger partial charge >= 0.3 is 0 Å². The SMILES string of the molecule is C=CCc1ccc(C(C)=O)cc1S(=O)(=O)Cl. The molecule has 0 aliphatic heterocycles. The van der Waals surface area contributed by atoms with Crippen molar-refractivity contribution in [2.75, 3.05) is 0 Å².